The van der Waals surface area contributed by atoms with E-state index in [2.05, 4.69) is 20.6 Å². The normalized spacial score (nSPS) is 20.6. The zero-order chi connectivity index (χ0) is 24.8. The second-order valence-corrected chi connectivity index (χ2v) is 10.0. The van der Waals surface area contributed by atoms with E-state index >= 15 is 4.39 Å². The summed E-state index contributed by atoms with van der Waals surface area (Å²) in [6.07, 6.45) is 5.51. The number of rotatable bonds is 5. The van der Waals surface area contributed by atoms with Crippen LogP contribution in [0.3, 0.4) is 0 Å². The molecule has 2 amide bonds. The Morgan fingerprint density at radius 1 is 1.25 bits per heavy atom. The third-order valence-corrected chi connectivity index (χ3v) is 7.59. The summed E-state index contributed by atoms with van der Waals surface area (Å²) < 4.78 is 20.8. The minimum absolute atomic E-state index is 0.0161. The van der Waals surface area contributed by atoms with Gasteiger partial charge < -0.3 is 25.3 Å². The number of pyridine rings is 2. The van der Waals surface area contributed by atoms with E-state index in [1.165, 1.54) is 12.1 Å². The van der Waals surface area contributed by atoms with Crippen molar-refractivity contribution in [3.63, 3.8) is 0 Å². The predicted octanol–water partition coefficient (Wildman–Crippen LogP) is 4.12. The van der Waals surface area contributed by atoms with E-state index in [-0.39, 0.29) is 29.4 Å². The maximum atomic E-state index is 15.1. The number of hydrogen-bond donors (Lipinski definition) is 3. The van der Waals surface area contributed by atoms with E-state index in [0.29, 0.717) is 41.0 Å². The lowest BCUT2D eigenvalue weighted by Gasteiger charge is -2.36. The number of aromatic amines is 1. The highest BCUT2D eigenvalue weighted by Crippen LogP contribution is 2.43. The minimum atomic E-state index is -0.588. The zero-order valence-corrected chi connectivity index (χ0v) is 20.1. The van der Waals surface area contributed by atoms with Gasteiger partial charge in [-0.1, -0.05) is 11.6 Å². The Balaban J connectivity index is 1.17. The molecular weight excluding hydrogens is 485 g/mol. The first-order chi connectivity index (χ1) is 17.5. The Morgan fingerprint density at radius 2 is 2.11 bits per heavy atom. The van der Waals surface area contributed by atoms with Crippen LogP contribution in [0.2, 0.25) is 5.02 Å². The summed E-state index contributed by atoms with van der Waals surface area (Å²) in [6.45, 7) is 2.50. The average molecular weight is 510 g/mol. The SMILES string of the molecule is O=C(Nc1cc(Cl)c(-c2ccc(OCC3CNC3)nc2)cc1F)N1[C@H]2CC[C@@H]1c1c[nH]c(=O)cc1C2. The Morgan fingerprint density at radius 3 is 2.86 bits per heavy atom. The number of ether oxygens (including phenoxy) is 1. The Labute approximate surface area is 211 Å². The topological polar surface area (TPSA) is 99.3 Å². The van der Waals surface area contributed by atoms with Gasteiger partial charge in [-0.05, 0) is 48.6 Å². The van der Waals surface area contributed by atoms with Crippen LogP contribution >= 0.6 is 11.6 Å². The first-order valence-electron chi connectivity index (χ1n) is 12.1. The number of amides is 2. The fraction of sp³-hybridized carbons (Fsp3) is 0.346. The van der Waals surface area contributed by atoms with Crippen molar-refractivity contribution in [3.05, 3.63) is 75.0 Å². The van der Waals surface area contributed by atoms with E-state index in [4.69, 9.17) is 16.3 Å². The number of fused-ring (bicyclic) bond motifs is 4. The second-order valence-electron chi connectivity index (χ2n) is 9.60. The molecule has 6 rings (SSSR count). The first-order valence-corrected chi connectivity index (χ1v) is 12.4. The highest BCUT2D eigenvalue weighted by molar-refractivity contribution is 6.33. The van der Waals surface area contributed by atoms with E-state index in [0.717, 1.165) is 37.1 Å². The second kappa shape index (κ2) is 9.22. The van der Waals surface area contributed by atoms with E-state index < -0.39 is 5.82 Å². The van der Waals surface area contributed by atoms with Crippen LogP contribution in [0, 0.1) is 11.7 Å². The number of nitrogens with one attached hydrogen (secondary N) is 3. The Kier molecular flexibility index (Phi) is 5.89. The number of H-pyrrole nitrogens is 1. The van der Waals surface area contributed by atoms with Crippen molar-refractivity contribution in [2.24, 2.45) is 5.92 Å². The lowest BCUT2D eigenvalue weighted by atomic mass is 9.95. The fourth-order valence-corrected chi connectivity index (χ4v) is 5.57. The molecule has 2 fully saturated rings. The summed E-state index contributed by atoms with van der Waals surface area (Å²) in [7, 11) is 0. The van der Waals surface area contributed by atoms with Crippen molar-refractivity contribution in [3.8, 4) is 17.0 Å². The van der Waals surface area contributed by atoms with Gasteiger partial charge in [0.2, 0.25) is 11.4 Å². The van der Waals surface area contributed by atoms with Crippen LogP contribution in [0.5, 0.6) is 5.88 Å². The molecule has 8 nitrogen and oxygen atoms in total. The lowest BCUT2D eigenvalue weighted by Crippen LogP contribution is -2.45. The number of carbonyl (C=O) groups excluding carboxylic acids is 1. The van der Waals surface area contributed by atoms with Gasteiger partial charge >= 0.3 is 6.03 Å². The van der Waals surface area contributed by atoms with Crippen molar-refractivity contribution in [1.29, 1.82) is 0 Å². The van der Waals surface area contributed by atoms with Gasteiger partial charge in [0.1, 0.15) is 5.82 Å². The molecule has 2 atom stereocenters. The van der Waals surface area contributed by atoms with Gasteiger partial charge in [-0.3, -0.25) is 4.79 Å². The highest BCUT2D eigenvalue weighted by Gasteiger charge is 2.43. The third-order valence-electron chi connectivity index (χ3n) is 7.28. The number of urea groups is 1. The monoisotopic (exact) mass is 509 g/mol. The molecule has 5 heterocycles. The number of halogens is 2. The zero-order valence-electron chi connectivity index (χ0n) is 19.4. The molecule has 0 unspecified atom stereocenters. The molecule has 3 aliphatic rings. The molecule has 2 saturated heterocycles. The molecule has 36 heavy (non-hydrogen) atoms. The van der Waals surface area contributed by atoms with Crippen molar-refractivity contribution >= 4 is 23.3 Å². The van der Waals surface area contributed by atoms with Crippen LogP contribution in [-0.2, 0) is 6.42 Å². The van der Waals surface area contributed by atoms with E-state index in [1.807, 2.05) is 0 Å². The summed E-state index contributed by atoms with van der Waals surface area (Å²) in [5.41, 5.74) is 2.91. The van der Waals surface area contributed by atoms with Crippen molar-refractivity contribution in [1.82, 2.24) is 20.2 Å². The molecule has 2 bridgehead atoms. The number of anilines is 1. The molecule has 2 aromatic heterocycles. The van der Waals surface area contributed by atoms with E-state index in [9.17, 15) is 9.59 Å². The smallest absolute Gasteiger partial charge is 0.322 e. The first kappa shape index (κ1) is 23.0. The molecular formula is C26H25ClFN5O3. The lowest BCUT2D eigenvalue weighted by molar-refractivity contribution is 0.179. The van der Waals surface area contributed by atoms with Crippen LogP contribution in [0.25, 0.3) is 11.1 Å². The van der Waals surface area contributed by atoms with Gasteiger partial charge in [-0.25, -0.2) is 14.2 Å². The molecule has 0 radical (unpaired) electrons. The quantitative estimate of drug-likeness (QED) is 0.480. The molecule has 3 aliphatic heterocycles. The van der Waals surface area contributed by atoms with E-state index in [1.54, 1.807) is 35.5 Å². The van der Waals surface area contributed by atoms with Gasteiger partial charge in [-0.15, -0.1) is 0 Å². The van der Waals surface area contributed by atoms with Crippen LogP contribution in [0.4, 0.5) is 14.9 Å². The Hall–Kier alpha value is -3.43. The van der Waals surface area contributed by atoms with Crippen molar-refractivity contribution in [2.45, 2.75) is 31.3 Å². The minimum Gasteiger partial charge on any atom is -0.477 e. The van der Waals surface area contributed by atoms with Crippen LogP contribution in [0.15, 0.2) is 47.5 Å². The predicted molar refractivity (Wildman–Crippen MR) is 134 cm³/mol. The summed E-state index contributed by atoms with van der Waals surface area (Å²) in [4.78, 5) is 33.7. The molecule has 186 valence electrons. The molecule has 3 N–H and O–H groups in total. The fourth-order valence-electron chi connectivity index (χ4n) is 5.30. The van der Waals surface area contributed by atoms with Gasteiger partial charge in [0.25, 0.3) is 0 Å². The van der Waals surface area contributed by atoms with Gasteiger partial charge in [0.15, 0.2) is 0 Å². The van der Waals surface area contributed by atoms with Crippen molar-refractivity contribution in [2.75, 3.05) is 25.0 Å². The largest absolute Gasteiger partial charge is 0.477 e. The van der Waals surface area contributed by atoms with Crippen molar-refractivity contribution < 1.29 is 13.9 Å². The van der Waals surface area contributed by atoms with Crippen LogP contribution < -0.4 is 20.9 Å². The van der Waals surface area contributed by atoms with Gasteiger partial charge in [0.05, 0.1) is 23.4 Å². The number of aromatic nitrogens is 2. The summed E-state index contributed by atoms with van der Waals surface area (Å²) in [6, 6.07) is 7.29. The highest BCUT2D eigenvalue weighted by atomic mass is 35.5. The third kappa shape index (κ3) is 4.22. The molecule has 3 aromatic rings. The average Bonchev–Trinajstić information content (AvgIpc) is 3.15. The summed E-state index contributed by atoms with van der Waals surface area (Å²) >= 11 is 6.49. The number of carbonyl (C=O) groups is 1. The summed E-state index contributed by atoms with van der Waals surface area (Å²) in [5, 5.41) is 6.20. The maximum Gasteiger partial charge on any atom is 0.322 e. The van der Waals surface area contributed by atoms with Gasteiger partial charge in [-0.2, -0.15) is 0 Å². The number of nitrogens with zero attached hydrogens (tertiary/aromatic N) is 2. The maximum absolute atomic E-state index is 15.1. The number of hydrogen-bond acceptors (Lipinski definition) is 5. The molecule has 1 aromatic carbocycles. The standard InChI is InChI=1S/C26H25ClFN5O3/c27-20-8-22(21(28)7-18(20)15-1-4-25(31-11-15)36-13-14-9-29-10-14)32-26(35)33-17-2-3-23(33)19-12-30-24(34)6-16(19)5-17/h1,4,6-8,11-12,14,17,23,29H,2-3,5,9-10,13H2,(H,30,34)(H,32,35)/t17-,23+/m0/s1. The van der Waals surface area contributed by atoms with Gasteiger partial charge in [0, 0.05) is 60.7 Å². The molecule has 0 saturated carbocycles. The Bertz CT molecular complexity index is 1370. The molecule has 0 aliphatic carbocycles. The number of benzene rings is 1. The summed E-state index contributed by atoms with van der Waals surface area (Å²) in [5.74, 6) is 0.416. The van der Waals surface area contributed by atoms with Crippen LogP contribution in [-0.4, -0.2) is 46.6 Å². The molecule has 10 heteroatoms. The molecule has 0 spiro atoms. The van der Waals surface area contributed by atoms with Crippen LogP contribution in [0.1, 0.15) is 30.0 Å².